The van der Waals surface area contributed by atoms with E-state index in [2.05, 4.69) is 20.9 Å². The van der Waals surface area contributed by atoms with Crippen molar-refractivity contribution in [1.82, 2.24) is 4.98 Å². The summed E-state index contributed by atoms with van der Waals surface area (Å²) in [5, 5.41) is 0. The minimum atomic E-state index is -0.433. The number of carbonyl (C=O) groups excluding carboxylic acids is 1. The van der Waals surface area contributed by atoms with Gasteiger partial charge >= 0.3 is 5.97 Å². The molecule has 1 aromatic heterocycles. The van der Waals surface area contributed by atoms with Gasteiger partial charge in [0.05, 0.1) is 25.5 Å². The molecule has 6 nitrogen and oxygen atoms in total. The first-order valence-electron chi connectivity index (χ1n) is 7.73. The molecule has 0 saturated heterocycles. The van der Waals surface area contributed by atoms with Crippen LogP contribution in [0, 0.1) is 0 Å². The maximum Gasteiger partial charge on any atom is 0.337 e. The van der Waals surface area contributed by atoms with Gasteiger partial charge in [0.1, 0.15) is 5.75 Å². The lowest BCUT2D eigenvalue weighted by Crippen LogP contribution is -2.05. The molecule has 26 heavy (non-hydrogen) atoms. The Morgan fingerprint density at radius 2 is 1.96 bits per heavy atom. The average molecular weight is 422 g/mol. The van der Waals surface area contributed by atoms with Crippen LogP contribution in [0.1, 0.15) is 28.5 Å². The fourth-order valence-corrected chi connectivity index (χ4v) is 2.61. The minimum Gasteiger partial charge on any atom is -0.481 e. The summed E-state index contributed by atoms with van der Waals surface area (Å²) in [4.78, 5) is 16.2. The summed E-state index contributed by atoms with van der Waals surface area (Å²) in [5.41, 5.74) is 2.83. The molecule has 0 aliphatic carbocycles. The fraction of sp³-hybridized carbons (Fsp3) is 0.263. The Labute approximate surface area is 160 Å². The molecule has 0 unspecified atom stereocenters. The van der Waals surface area contributed by atoms with Crippen molar-refractivity contribution in [3.8, 4) is 11.6 Å². The summed E-state index contributed by atoms with van der Waals surface area (Å²) in [5.74, 6) is 0.601. The van der Waals surface area contributed by atoms with Gasteiger partial charge in [-0.1, -0.05) is 6.07 Å². The van der Waals surface area contributed by atoms with Crippen LogP contribution in [-0.4, -0.2) is 39.1 Å². The minimum absolute atomic E-state index is 0.0615. The third-order valence-electron chi connectivity index (χ3n) is 3.57. The normalized spacial score (nSPS) is 11.2. The Morgan fingerprint density at radius 3 is 2.62 bits per heavy atom. The topological polar surface area (TPSA) is 66.9 Å². The van der Waals surface area contributed by atoms with Crippen LogP contribution in [0.4, 0.5) is 0 Å². The van der Waals surface area contributed by atoms with Crippen molar-refractivity contribution >= 4 is 33.5 Å². The highest BCUT2D eigenvalue weighted by Gasteiger charge is 2.13. The van der Waals surface area contributed by atoms with E-state index in [0.717, 1.165) is 21.3 Å². The Hall–Kier alpha value is -2.38. The smallest absolute Gasteiger partial charge is 0.337 e. The lowest BCUT2D eigenvalue weighted by atomic mass is 10.0. The number of esters is 1. The first-order chi connectivity index (χ1) is 12.5. The summed E-state index contributed by atoms with van der Waals surface area (Å²) < 4.78 is 21.4. The molecule has 1 heterocycles. The van der Waals surface area contributed by atoms with Gasteiger partial charge in [0, 0.05) is 23.2 Å². The molecule has 1 aromatic carbocycles. The third-order valence-corrected chi connectivity index (χ3v) is 4.24. The van der Waals surface area contributed by atoms with Crippen molar-refractivity contribution in [1.29, 1.82) is 0 Å². The SMILES string of the molecule is COCOc1cc(C(=O)OC)ccc1/C(C)=C/c1nc(OC)ccc1Br. The van der Waals surface area contributed by atoms with Gasteiger partial charge < -0.3 is 18.9 Å². The Morgan fingerprint density at radius 1 is 1.19 bits per heavy atom. The molecule has 0 radical (unpaired) electrons. The largest absolute Gasteiger partial charge is 0.481 e. The molecule has 2 aromatic rings. The second kappa shape index (κ2) is 9.35. The zero-order valence-corrected chi connectivity index (χ0v) is 16.6. The highest BCUT2D eigenvalue weighted by molar-refractivity contribution is 9.10. The quantitative estimate of drug-likeness (QED) is 0.493. The number of hydrogen-bond donors (Lipinski definition) is 0. The summed E-state index contributed by atoms with van der Waals surface area (Å²) in [7, 11) is 4.44. The van der Waals surface area contributed by atoms with Gasteiger partial charge in [0.2, 0.25) is 5.88 Å². The van der Waals surface area contributed by atoms with Crippen molar-refractivity contribution in [2.24, 2.45) is 0 Å². The van der Waals surface area contributed by atoms with Gasteiger partial charge in [-0.05, 0) is 52.7 Å². The monoisotopic (exact) mass is 421 g/mol. The molecule has 2 rings (SSSR count). The van der Waals surface area contributed by atoms with Crippen molar-refractivity contribution in [3.63, 3.8) is 0 Å². The Balaban J connectivity index is 2.46. The second-order valence-corrected chi connectivity index (χ2v) is 6.16. The van der Waals surface area contributed by atoms with Gasteiger partial charge in [-0.25, -0.2) is 9.78 Å². The number of ether oxygens (including phenoxy) is 4. The van der Waals surface area contributed by atoms with Crippen molar-refractivity contribution in [2.45, 2.75) is 6.92 Å². The molecule has 0 spiro atoms. The number of aromatic nitrogens is 1. The molecule has 138 valence electrons. The predicted octanol–water partition coefficient (Wildman–Crippen LogP) is 4.18. The van der Waals surface area contributed by atoms with Crippen LogP contribution in [0.25, 0.3) is 11.6 Å². The highest BCUT2D eigenvalue weighted by Crippen LogP contribution is 2.30. The first-order valence-corrected chi connectivity index (χ1v) is 8.52. The number of methoxy groups -OCH3 is 3. The van der Waals surface area contributed by atoms with E-state index in [1.807, 2.05) is 19.1 Å². The van der Waals surface area contributed by atoms with Crippen LogP contribution in [0.2, 0.25) is 0 Å². The van der Waals surface area contributed by atoms with E-state index in [9.17, 15) is 4.79 Å². The maximum atomic E-state index is 11.8. The zero-order chi connectivity index (χ0) is 19.1. The van der Waals surface area contributed by atoms with Crippen molar-refractivity contribution in [3.05, 3.63) is 51.6 Å². The maximum absolute atomic E-state index is 11.8. The number of pyridine rings is 1. The van der Waals surface area contributed by atoms with Crippen LogP contribution in [-0.2, 0) is 9.47 Å². The molecule has 0 atom stereocenters. The molecule has 0 N–H and O–H groups in total. The molecular weight excluding hydrogens is 402 g/mol. The molecular formula is C19H20BrNO5. The second-order valence-electron chi connectivity index (χ2n) is 5.30. The molecule has 7 heteroatoms. The van der Waals surface area contributed by atoms with Crippen LogP contribution >= 0.6 is 15.9 Å². The number of benzene rings is 1. The summed E-state index contributed by atoms with van der Waals surface area (Å²) in [6, 6.07) is 8.76. The predicted molar refractivity (Wildman–Crippen MR) is 102 cm³/mol. The number of halogens is 1. The number of rotatable bonds is 7. The summed E-state index contributed by atoms with van der Waals surface area (Å²) >= 11 is 3.49. The third kappa shape index (κ3) is 4.83. The standard InChI is InChI=1S/C19H20BrNO5/c1-12(9-16-15(20)7-8-18(21-16)24-3)14-6-5-13(19(22)25-4)10-17(14)26-11-23-2/h5-10H,11H2,1-4H3/b12-9+. The van der Waals surface area contributed by atoms with Gasteiger partial charge in [0.15, 0.2) is 6.79 Å². The number of nitrogens with zero attached hydrogens (tertiary/aromatic N) is 1. The summed E-state index contributed by atoms with van der Waals surface area (Å²) in [6.07, 6.45) is 1.90. The fourth-order valence-electron chi connectivity index (χ4n) is 2.27. The van der Waals surface area contributed by atoms with Crippen LogP contribution in [0.15, 0.2) is 34.8 Å². The van der Waals surface area contributed by atoms with Crippen molar-refractivity contribution in [2.75, 3.05) is 28.1 Å². The van der Waals surface area contributed by atoms with Gasteiger partial charge in [0.25, 0.3) is 0 Å². The van der Waals surface area contributed by atoms with E-state index in [0.29, 0.717) is 17.2 Å². The molecule has 0 bridgehead atoms. The van der Waals surface area contributed by atoms with E-state index in [-0.39, 0.29) is 6.79 Å². The highest BCUT2D eigenvalue weighted by atomic mass is 79.9. The number of allylic oxidation sites excluding steroid dienone is 1. The van der Waals surface area contributed by atoms with Crippen LogP contribution in [0.3, 0.4) is 0 Å². The summed E-state index contributed by atoms with van der Waals surface area (Å²) in [6.45, 7) is 1.99. The lowest BCUT2D eigenvalue weighted by Gasteiger charge is -2.13. The van der Waals surface area contributed by atoms with Gasteiger partial charge in [-0.15, -0.1) is 0 Å². The molecule has 0 aliphatic rings. The van der Waals surface area contributed by atoms with E-state index < -0.39 is 5.97 Å². The van der Waals surface area contributed by atoms with Crippen LogP contribution < -0.4 is 9.47 Å². The molecule has 0 amide bonds. The van der Waals surface area contributed by atoms with E-state index in [4.69, 9.17) is 18.9 Å². The molecule has 0 aliphatic heterocycles. The van der Waals surface area contributed by atoms with Crippen LogP contribution in [0.5, 0.6) is 11.6 Å². The Bertz CT molecular complexity index is 820. The number of carbonyl (C=O) groups is 1. The first kappa shape index (κ1) is 19.9. The van der Waals surface area contributed by atoms with Crippen molar-refractivity contribution < 1.29 is 23.7 Å². The number of hydrogen-bond acceptors (Lipinski definition) is 6. The molecule has 0 saturated carbocycles. The zero-order valence-electron chi connectivity index (χ0n) is 15.0. The van der Waals surface area contributed by atoms with E-state index in [1.54, 1.807) is 31.4 Å². The lowest BCUT2D eigenvalue weighted by molar-refractivity contribution is 0.0502. The van der Waals surface area contributed by atoms with E-state index in [1.165, 1.54) is 14.2 Å². The van der Waals surface area contributed by atoms with E-state index >= 15 is 0 Å². The molecule has 0 fully saturated rings. The average Bonchev–Trinajstić information content (AvgIpc) is 2.67. The van der Waals surface area contributed by atoms with Gasteiger partial charge in [-0.3, -0.25) is 0 Å². The Kier molecular flexibility index (Phi) is 7.17. The van der Waals surface area contributed by atoms with Gasteiger partial charge in [-0.2, -0.15) is 0 Å².